The van der Waals surface area contributed by atoms with Crippen LogP contribution in [0.4, 0.5) is 0 Å². The second-order valence-electron chi connectivity index (χ2n) is 6.58. The van der Waals surface area contributed by atoms with Crippen molar-refractivity contribution in [2.24, 2.45) is 0 Å². The third-order valence-corrected chi connectivity index (χ3v) is 4.87. The Morgan fingerprint density at radius 2 is 1.52 bits per heavy atom. The maximum Gasteiger partial charge on any atom is 0.140 e. The topological polar surface area (TPSA) is 30.5 Å². The quantitative estimate of drug-likeness (QED) is 0.655. The van der Waals surface area contributed by atoms with Crippen LogP contribution in [0.1, 0.15) is 22.8 Å². The van der Waals surface area contributed by atoms with E-state index < -0.39 is 0 Å². The van der Waals surface area contributed by atoms with Gasteiger partial charge >= 0.3 is 0 Å². The molecule has 0 spiro atoms. The first-order valence-corrected chi connectivity index (χ1v) is 9.02. The summed E-state index contributed by atoms with van der Waals surface area (Å²) in [5.41, 5.74) is 3.79. The van der Waals surface area contributed by atoms with Crippen LogP contribution in [-0.4, -0.2) is 13.1 Å². The minimum atomic E-state index is 0. The van der Waals surface area contributed by atoms with E-state index in [9.17, 15) is 0 Å². The first kappa shape index (κ1) is 19.3. The van der Waals surface area contributed by atoms with Crippen LogP contribution in [0, 0.1) is 0 Å². The predicted octanol–water partition coefficient (Wildman–Crippen LogP) is 4.95. The van der Waals surface area contributed by atoms with Crippen LogP contribution >= 0.6 is 12.4 Å². The van der Waals surface area contributed by atoms with Crippen molar-refractivity contribution in [1.29, 1.82) is 0 Å². The standard InChI is InChI=1S/C23H23NO2.ClH/c1-24-22-15-18-9-5-6-10-21(18)23(22)26-20-13-11-19(12-14-20)25-16-17-7-3-2-4-8-17;/h2-14,22-24H,15-16H2,1H3;1H/t22-,23+;/m1./s1. The number of halogens is 1. The molecule has 4 heteroatoms. The molecule has 0 fully saturated rings. The summed E-state index contributed by atoms with van der Waals surface area (Å²) in [6.45, 7) is 0.568. The molecule has 0 aliphatic heterocycles. The van der Waals surface area contributed by atoms with Crippen LogP contribution in [0.3, 0.4) is 0 Å². The Morgan fingerprint density at radius 3 is 2.26 bits per heavy atom. The van der Waals surface area contributed by atoms with Gasteiger partial charge < -0.3 is 14.8 Å². The molecule has 0 radical (unpaired) electrons. The maximum absolute atomic E-state index is 6.31. The Labute approximate surface area is 166 Å². The van der Waals surface area contributed by atoms with E-state index in [1.165, 1.54) is 11.1 Å². The number of rotatable bonds is 6. The second kappa shape index (κ2) is 8.94. The number of fused-ring (bicyclic) bond motifs is 1. The van der Waals surface area contributed by atoms with Gasteiger partial charge in [-0.3, -0.25) is 0 Å². The smallest absolute Gasteiger partial charge is 0.140 e. The first-order valence-electron chi connectivity index (χ1n) is 9.02. The fourth-order valence-electron chi connectivity index (χ4n) is 3.46. The summed E-state index contributed by atoms with van der Waals surface area (Å²) in [5, 5.41) is 3.38. The van der Waals surface area contributed by atoms with Gasteiger partial charge in [-0.2, -0.15) is 0 Å². The molecule has 3 aromatic rings. The van der Waals surface area contributed by atoms with Gasteiger partial charge in [0, 0.05) is 0 Å². The molecule has 3 nitrogen and oxygen atoms in total. The highest BCUT2D eigenvalue weighted by molar-refractivity contribution is 5.85. The SMILES string of the molecule is CN[C@@H]1Cc2ccccc2[C@@H]1Oc1ccc(OCc2ccccc2)cc1.Cl. The van der Waals surface area contributed by atoms with Crippen LogP contribution in [0.5, 0.6) is 11.5 Å². The molecule has 0 heterocycles. The molecule has 3 aromatic carbocycles. The zero-order valence-electron chi connectivity index (χ0n) is 15.3. The van der Waals surface area contributed by atoms with E-state index in [1.807, 2.05) is 49.5 Å². The van der Waals surface area contributed by atoms with Crippen molar-refractivity contribution in [2.75, 3.05) is 7.05 Å². The third kappa shape index (κ3) is 4.44. The Kier molecular flexibility index (Phi) is 6.38. The van der Waals surface area contributed by atoms with E-state index in [4.69, 9.17) is 9.47 Å². The molecule has 2 atom stereocenters. The first-order chi connectivity index (χ1) is 12.8. The molecule has 4 rings (SSSR count). The summed E-state index contributed by atoms with van der Waals surface area (Å²) in [6, 6.07) is 26.9. The summed E-state index contributed by atoms with van der Waals surface area (Å²) < 4.78 is 12.2. The highest BCUT2D eigenvalue weighted by atomic mass is 35.5. The summed E-state index contributed by atoms with van der Waals surface area (Å²) >= 11 is 0. The molecule has 1 N–H and O–H groups in total. The molecule has 140 valence electrons. The average molecular weight is 382 g/mol. The largest absolute Gasteiger partial charge is 0.489 e. The van der Waals surface area contributed by atoms with E-state index in [1.54, 1.807) is 0 Å². The van der Waals surface area contributed by atoms with Gasteiger partial charge in [0.1, 0.15) is 24.2 Å². The maximum atomic E-state index is 6.31. The number of benzene rings is 3. The lowest BCUT2D eigenvalue weighted by molar-refractivity contribution is 0.172. The van der Waals surface area contributed by atoms with Crippen molar-refractivity contribution in [3.63, 3.8) is 0 Å². The molecule has 0 saturated heterocycles. The van der Waals surface area contributed by atoms with Crippen molar-refractivity contribution in [3.8, 4) is 11.5 Å². The van der Waals surface area contributed by atoms with Crippen molar-refractivity contribution in [2.45, 2.75) is 25.2 Å². The van der Waals surface area contributed by atoms with Gasteiger partial charge in [0.25, 0.3) is 0 Å². The van der Waals surface area contributed by atoms with E-state index in [0.29, 0.717) is 12.6 Å². The van der Waals surface area contributed by atoms with Crippen molar-refractivity contribution < 1.29 is 9.47 Å². The van der Waals surface area contributed by atoms with Gasteiger partial charge in [0.15, 0.2) is 0 Å². The fraction of sp³-hybridized carbons (Fsp3) is 0.217. The molecule has 0 aromatic heterocycles. The molecule has 27 heavy (non-hydrogen) atoms. The molecular weight excluding hydrogens is 358 g/mol. The summed E-state index contributed by atoms with van der Waals surface area (Å²) in [4.78, 5) is 0. The highest BCUT2D eigenvalue weighted by Gasteiger charge is 2.32. The molecule has 1 aliphatic rings. The van der Waals surface area contributed by atoms with Gasteiger partial charge in [-0.1, -0.05) is 54.6 Å². The zero-order valence-corrected chi connectivity index (χ0v) is 16.1. The Balaban J connectivity index is 0.00000210. The van der Waals surface area contributed by atoms with E-state index in [0.717, 1.165) is 23.5 Å². The Hall–Kier alpha value is -2.49. The minimum Gasteiger partial charge on any atom is -0.489 e. The lowest BCUT2D eigenvalue weighted by atomic mass is 10.1. The predicted molar refractivity (Wildman–Crippen MR) is 111 cm³/mol. The number of hydrogen-bond donors (Lipinski definition) is 1. The van der Waals surface area contributed by atoms with Gasteiger partial charge in [-0.05, 0) is 54.4 Å². The van der Waals surface area contributed by atoms with Gasteiger partial charge in [-0.15, -0.1) is 12.4 Å². The summed E-state index contributed by atoms with van der Waals surface area (Å²) in [5.74, 6) is 1.71. The molecular formula is C23H24ClNO2. The Morgan fingerprint density at radius 1 is 0.852 bits per heavy atom. The molecule has 1 aliphatic carbocycles. The minimum absolute atomic E-state index is 0. The van der Waals surface area contributed by atoms with Crippen LogP contribution in [-0.2, 0) is 13.0 Å². The highest BCUT2D eigenvalue weighted by Crippen LogP contribution is 2.35. The van der Waals surface area contributed by atoms with Crippen molar-refractivity contribution in [1.82, 2.24) is 5.32 Å². The second-order valence-corrected chi connectivity index (χ2v) is 6.58. The van der Waals surface area contributed by atoms with Gasteiger partial charge in [-0.25, -0.2) is 0 Å². The average Bonchev–Trinajstić information content (AvgIpc) is 3.06. The van der Waals surface area contributed by atoms with Crippen LogP contribution in [0.2, 0.25) is 0 Å². The van der Waals surface area contributed by atoms with Crippen molar-refractivity contribution in [3.05, 3.63) is 95.6 Å². The zero-order chi connectivity index (χ0) is 17.8. The molecule has 0 unspecified atom stereocenters. The lowest BCUT2D eigenvalue weighted by Gasteiger charge is -2.22. The fourth-order valence-corrected chi connectivity index (χ4v) is 3.46. The monoisotopic (exact) mass is 381 g/mol. The molecule has 0 bridgehead atoms. The lowest BCUT2D eigenvalue weighted by Crippen LogP contribution is -2.32. The number of hydrogen-bond acceptors (Lipinski definition) is 3. The summed E-state index contributed by atoms with van der Waals surface area (Å²) in [6.07, 6.45) is 1.03. The van der Waals surface area contributed by atoms with E-state index in [-0.39, 0.29) is 18.5 Å². The molecule has 0 saturated carbocycles. The normalized spacial score (nSPS) is 17.7. The van der Waals surface area contributed by atoms with Crippen LogP contribution < -0.4 is 14.8 Å². The van der Waals surface area contributed by atoms with Crippen LogP contribution in [0.25, 0.3) is 0 Å². The van der Waals surface area contributed by atoms with Crippen molar-refractivity contribution >= 4 is 12.4 Å². The third-order valence-electron chi connectivity index (χ3n) is 4.87. The Bertz CT molecular complexity index is 852. The van der Waals surface area contributed by atoms with Crippen LogP contribution in [0.15, 0.2) is 78.9 Å². The number of likely N-dealkylation sites (N-methyl/N-ethyl adjacent to an activating group) is 1. The number of nitrogens with one attached hydrogen (secondary N) is 1. The number of ether oxygens (including phenoxy) is 2. The van der Waals surface area contributed by atoms with Gasteiger partial charge in [0.05, 0.1) is 6.04 Å². The van der Waals surface area contributed by atoms with Gasteiger partial charge in [0.2, 0.25) is 0 Å². The molecule has 0 amide bonds. The van der Waals surface area contributed by atoms with E-state index >= 15 is 0 Å². The summed E-state index contributed by atoms with van der Waals surface area (Å²) in [7, 11) is 1.99. The van der Waals surface area contributed by atoms with E-state index in [2.05, 4.69) is 41.7 Å².